The van der Waals surface area contributed by atoms with Gasteiger partial charge in [-0.1, -0.05) is 12.1 Å². The fourth-order valence-corrected chi connectivity index (χ4v) is 4.09. The number of carbonyl (C=O) groups is 3. The molecule has 8 heteroatoms. The second kappa shape index (κ2) is 9.57. The molecule has 0 saturated heterocycles. The highest BCUT2D eigenvalue weighted by molar-refractivity contribution is 7.99. The fourth-order valence-electron chi connectivity index (χ4n) is 3.15. The highest BCUT2D eigenvalue weighted by Crippen LogP contribution is 2.32. The van der Waals surface area contributed by atoms with Crippen molar-refractivity contribution in [3.05, 3.63) is 77.9 Å². The van der Waals surface area contributed by atoms with Crippen molar-refractivity contribution in [2.24, 2.45) is 0 Å². The molecule has 0 bridgehead atoms. The zero-order valence-corrected chi connectivity index (χ0v) is 18.0. The number of carbonyl (C=O) groups excluding carboxylic acids is 3. The maximum Gasteiger partial charge on any atom is 0.343 e. The average Bonchev–Trinajstić information content (AvgIpc) is 3.00. The standard InChI is InChI=1S/C24H20N2O5S/c1-30-20-5-3-2-4-18(20)23(28)25-16-7-9-17(10-8-16)31-24(29)15-6-11-21-19(14-15)26-22(27)12-13-32-21/h2-11,14H,12-13H2,1H3,(H,25,28)(H,26,27). The van der Waals surface area contributed by atoms with Crippen LogP contribution in [0.15, 0.2) is 71.6 Å². The lowest BCUT2D eigenvalue weighted by molar-refractivity contribution is -0.115. The molecule has 1 aliphatic rings. The summed E-state index contributed by atoms with van der Waals surface area (Å²) in [6.07, 6.45) is 0.430. The average molecular weight is 449 g/mol. The third kappa shape index (κ3) is 4.92. The smallest absolute Gasteiger partial charge is 0.343 e. The summed E-state index contributed by atoms with van der Waals surface area (Å²) in [5.41, 5.74) is 1.91. The first-order valence-corrected chi connectivity index (χ1v) is 10.9. The van der Waals surface area contributed by atoms with E-state index in [0.717, 1.165) is 4.90 Å². The van der Waals surface area contributed by atoms with E-state index >= 15 is 0 Å². The lowest BCUT2D eigenvalue weighted by Gasteiger charge is -2.11. The van der Waals surface area contributed by atoms with Crippen molar-refractivity contribution in [1.82, 2.24) is 0 Å². The second-order valence-corrected chi connectivity index (χ2v) is 8.06. The lowest BCUT2D eigenvalue weighted by atomic mass is 10.2. The Balaban J connectivity index is 1.42. The quantitative estimate of drug-likeness (QED) is 0.438. The Morgan fingerprint density at radius 3 is 2.59 bits per heavy atom. The van der Waals surface area contributed by atoms with Crippen LogP contribution in [0.25, 0.3) is 0 Å². The molecular weight excluding hydrogens is 428 g/mol. The molecule has 1 heterocycles. The number of nitrogens with one attached hydrogen (secondary N) is 2. The van der Waals surface area contributed by atoms with Gasteiger partial charge in [0.2, 0.25) is 5.91 Å². The summed E-state index contributed by atoms with van der Waals surface area (Å²) in [5.74, 6) is 0.582. The lowest BCUT2D eigenvalue weighted by Crippen LogP contribution is -2.13. The molecule has 0 atom stereocenters. The molecule has 0 fully saturated rings. The van der Waals surface area contributed by atoms with E-state index in [4.69, 9.17) is 9.47 Å². The van der Waals surface area contributed by atoms with Crippen LogP contribution in [0.4, 0.5) is 11.4 Å². The first-order valence-electron chi connectivity index (χ1n) is 9.87. The van der Waals surface area contributed by atoms with Gasteiger partial charge in [0.05, 0.1) is 23.9 Å². The van der Waals surface area contributed by atoms with Crippen molar-refractivity contribution in [3.8, 4) is 11.5 Å². The molecule has 162 valence electrons. The fraction of sp³-hybridized carbons (Fsp3) is 0.125. The SMILES string of the molecule is COc1ccccc1C(=O)Nc1ccc(OC(=O)c2ccc3c(c2)NC(=O)CCS3)cc1. The molecule has 0 aromatic heterocycles. The van der Waals surface area contributed by atoms with Gasteiger partial charge in [0.25, 0.3) is 5.91 Å². The minimum Gasteiger partial charge on any atom is -0.496 e. The summed E-state index contributed by atoms with van der Waals surface area (Å²) in [6.45, 7) is 0. The van der Waals surface area contributed by atoms with E-state index in [1.807, 2.05) is 0 Å². The van der Waals surface area contributed by atoms with E-state index in [9.17, 15) is 14.4 Å². The molecular formula is C24H20N2O5S. The summed E-state index contributed by atoms with van der Waals surface area (Å²) in [7, 11) is 1.51. The van der Waals surface area contributed by atoms with Gasteiger partial charge in [0.15, 0.2) is 0 Å². The van der Waals surface area contributed by atoms with E-state index < -0.39 is 5.97 Å². The number of anilines is 2. The van der Waals surface area contributed by atoms with Gasteiger partial charge in [-0.2, -0.15) is 0 Å². The van der Waals surface area contributed by atoms with Gasteiger partial charge >= 0.3 is 5.97 Å². The Hall–Kier alpha value is -3.78. The van der Waals surface area contributed by atoms with E-state index in [1.54, 1.807) is 78.5 Å². The van der Waals surface area contributed by atoms with Crippen LogP contribution in [-0.2, 0) is 4.79 Å². The number of methoxy groups -OCH3 is 1. The van der Waals surface area contributed by atoms with Gasteiger partial charge in [0.1, 0.15) is 11.5 Å². The Labute approximate surface area is 189 Å². The van der Waals surface area contributed by atoms with Crippen molar-refractivity contribution in [2.75, 3.05) is 23.5 Å². The summed E-state index contributed by atoms with van der Waals surface area (Å²) in [4.78, 5) is 37.8. The number of para-hydroxylation sites is 1. The van der Waals surface area contributed by atoms with Crippen molar-refractivity contribution < 1.29 is 23.9 Å². The van der Waals surface area contributed by atoms with Crippen LogP contribution in [0.1, 0.15) is 27.1 Å². The topological polar surface area (TPSA) is 93.7 Å². The monoisotopic (exact) mass is 448 g/mol. The summed E-state index contributed by atoms with van der Waals surface area (Å²) in [6, 6.07) is 18.5. The van der Waals surface area contributed by atoms with E-state index in [-0.39, 0.29) is 11.8 Å². The molecule has 2 amide bonds. The molecule has 4 rings (SSSR count). The molecule has 32 heavy (non-hydrogen) atoms. The maximum atomic E-state index is 12.6. The minimum absolute atomic E-state index is 0.0764. The molecule has 0 unspecified atom stereocenters. The number of rotatable bonds is 5. The predicted molar refractivity (Wildman–Crippen MR) is 123 cm³/mol. The molecule has 0 radical (unpaired) electrons. The highest BCUT2D eigenvalue weighted by atomic mass is 32.2. The van der Waals surface area contributed by atoms with Gasteiger partial charge in [-0.05, 0) is 54.6 Å². The number of fused-ring (bicyclic) bond motifs is 1. The maximum absolute atomic E-state index is 12.6. The van der Waals surface area contributed by atoms with E-state index in [0.29, 0.717) is 46.2 Å². The molecule has 0 spiro atoms. The Morgan fingerprint density at radius 2 is 1.81 bits per heavy atom. The normalized spacial score (nSPS) is 12.7. The van der Waals surface area contributed by atoms with Crippen molar-refractivity contribution in [3.63, 3.8) is 0 Å². The van der Waals surface area contributed by atoms with Gasteiger partial charge in [-0.25, -0.2) is 4.79 Å². The molecule has 1 aliphatic heterocycles. The molecule has 7 nitrogen and oxygen atoms in total. The summed E-state index contributed by atoms with van der Waals surface area (Å²) < 4.78 is 10.7. The van der Waals surface area contributed by atoms with Crippen molar-refractivity contribution in [2.45, 2.75) is 11.3 Å². The zero-order chi connectivity index (χ0) is 22.5. The largest absolute Gasteiger partial charge is 0.496 e. The van der Waals surface area contributed by atoms with E-state index in [1.165, 1.54) is 7.11 Å². The van der Waals surface area contributed by atoms with Crippen molar-refractivity contribution in [1.29, 1.82) is 0 Å². The molecule has 3 aromatic carbocycles. The number of ether oxygens (including phenoxy) is 2. The van der Waals surface area contributed by atoms with Gasteiger partial charge < -0.3 is 20.1 Å². The highest BCUT2D eigenvalue weighted by Gasteiger charge is 2.17. The van der Waals surface area contributed by atoms with Crippen LogP contribution in [0.5, 0.6) is 11.5 Å². The third-order valence-electron chi connectivity index (χ3n) is 4.75. The van der Waals surface area contributed by atoms with Gasteiger partial charge in [-0.15, -0.1) is 11.8 Å². The number of hydrogen-bond donors (Lipinski definition) is 2. The number of thioether (sulfide) groups is 1. The molecule has 0 aliphatic carbocycles. The molecule has 3 aromatic rings. The summed E-state index contributed by atoms with van der Waals surface area (Å²) in [5, 5.41) is 5.60. The molecule has 0 saturated carbocycles. The Morgan fingerprint density at radius 1 is 1.03 bits per heavy atom. The Bertz CT molecular complexity index is 1180. The van der Waals surface area contributed by atoms with E-state index in [2.05, 4.69) is 10.6 Å². The van der Waals surface area contributed by atoms with Crippen LogP contribution in [0, 0.1) is 0 Å². The number of esters is 1. The first kappa shape index (κ1) is 21.5. The number of benzene rings is 3. The summed E-state index contributed by atoms with van der Waals surface area (Å²) >= 11 is 1.57. The van der Waals surface area contributed by atoms with Crippen LogP contribution in [-0.4, -0.2) is 30.6 Å². The number of amides is 2. The van der Waals surface area contributed by atoms with Crippen LogP contribution in [0.2, 0.25) is 0 Å². The molecule has 2 N–H and O–H groups in total. The van der Waals surface area contributed by atoms with Crippen LogP contribution >= 0.6 is 11.8 Å². The zero-order valence-electron chi connectivity index (χ0n) is 17.2. The van der Waals surface area contributed by atoms with Crippen LogP contribution < -0.4 is 20.1 Å². The first-order chi connectivity index (χ1) is 15.5. The van der Waals surface area contributed by atoms with Gasteiger partial charge in [-0.3, -0.25) is 9.59 Å². The third-order valence-corrected chi connectivity index (χ3v) is 5.83. The number of hydrogen-bond acceptors (Lipinski definition) is 6. The second-order valence-electron chi connectivity index (χ2n) is 6.93. The minimum atomic E-state index is -0.540. The van der Waals surface area contributed by atoms with Gasteiger partial charge in [0, 0.05) is 22.8 Å². The van der Waals surface area contributed by atoms with Crippen molar-refractivity contribution >= 4 is 40.9 Å². The van der Waals surface area contributed by atoms with Crippen LogP contribution in [0.3, 0.4) is 0 Å². The Kier molecular flexibility index (Phi) is 6.42. The predicted octanol–water partition coefficient (Wildman–Crippen LogP) is 4.60.